The van der Waals surface area contributed by atoms with Crippen molar-refractivity contribution in [3.8, 4) is 0 Å². The van der Waals surface area contributed by atoms with Crippen molar-refractivity contribution in [2.45, 2.75) is 19.3 Å². The van der Waals surface area contributed by atoms with Gasteiger partial charge in [0, 0.05) is 4.47 Å². The monoisotopic (exact) mass is 357 g/mol. The highest BCUT2D eigenvalue weighted by molar-refractivity contribution is 9.10. The van der Waals surface area contributed by atoms with E-state index in [0.29, 0.717) is 5.71 Å². The second-order valence-electron chi connectivity index (χ2n) is 5.45. The van der Waals surface area contributed by atoms with E-state index in [1.54, 1.807) is 0 Å². The van der Waals surface area contributed by atoms with Gasteiger partial charge in [-0.3, -0.25) is 0 Å². The number of carbonyl (C=O) groups excluding carboxylic acids is 1. The van der Waals surface area contributed by atoms with E-state index in [9.17, 15) is 4.79 Å². The Hall–Kier alpha value is -1.94. The van der Waals surface area contributed by atoms with Crippen LogP contribution in [0.15, 0.2) is 64.2 Å². The van der Waals surface area contributed by atoms with Crippen molar-refractivity contribution in [2.24, 2.45) is 11.1 Å². The van der Waals surface area contributed by atoms with Gasteiger partial charge in [0.25, 0.3) is 0 Å². The molecule has 2 atom stereocenters. The molecule has 1 saturated carbocycles. The van der Waals surface area contributed by atoms with Crippen molar-refractivity contribution in [2.75, 3.05) is 0 Å². The second kappa shape index (κ2) is 6.44. The van der Waals surface area contributed by atoms with Crippen LogP contribution in [0.5, 0.6) is 0 Å². The molecule has 3 rings (SSSR count). The summed E-state index contributed by atoms with van der Waals surface area (Å²) in [5.41, 5.74) is 2.82. The van der Waals surface area contributed by atoms with Crippen LogP contribution < -0.4 is 0 Å². The molecule has 0 aromatic heterocycles. The lowest BCUT2D eigenvalue weighted by molar-refractivity contribution is -0.145. The summed E-state index contributed by atoms with van der Waals surface area (Å²) in [5.74, 6) is -0.0360. The van der Waals surface area contributed by atoms with E-state index in [4.69, 9.17) is 4.84 Å². The first-order valence-electron chi connectivity index (χ1n) is 7.21. The van der Waals surface area contributed by atoms with Gasteiger partial charge in [0.15, 0.2) is 0 Å². The number of rotatable bonds is 4. The summed E-state index contributed by atoms with van der Waals surface area (Å²) in [7, 11) is 0. The van der Waals surface area contributed by atoms with Gasteiger partial charge in [-0.15, -0.1) is 0 Å². The number of hydrogen-bond acceptors (Lipinski definition) is 3. The van der Waals surface area contributed by atoms with Gasteiger partial charge in [-0.2, -0.15) is 0 Å². The normalized spacial score (nSPS) is 20.5. The number of oxime groups is 1. The summed E-state index contributed by atoms with van der Waals surface area (Å²) < 4.78 is 1.00. The molecular weight excluding hydrogens is 342 g/mol. The van der Waals surface area contributed by atoms with E-state index in [2.05, 4.69) is 21.1 Å². The molecule has 0 aliphatic heterocycles. The molecule has 4 heteroatoms. The zero-order valence-corrected chi connectivity index (χ0v) is 13.8. The maximum absolute atomic E-state index is 12.0. The highest BCUT2D eigenvalue weighted by atomic mass is 79.9. The summed E-state index contributed by atoms with van der Waals surface area (Å²) in [5, 5.41) is 3.97. The molecule has 0 amide bonds. The van der Waals surface area contributed by atoms with Gasteiger partial charge in [0.2, 0.25) is 0 Å². The molecule has 0 saturated heterocycles. The third-order valence-corrected chi connectivity index (χ3v) is 4.38. The molecule has 1 fully saturated rings. The van der Waals surface area contributed by atoms with Crippen LogP contribution in [-0.4, -0.2) is 11.7 Å². The Labute approximate surface area is 138 Å². The third kappa shape index (κ3) is 3.45. The fourth-order valence-corrected chi connectivity index (χ4v) is 2.71. The van der Waals surface area contributed by atoms with Crippen LogP contribution in [0.4, 0.5) is 0 Å². The molecule has 0 bridgehead atoms. The number of carbonyl (C=O) groups is 1. The lowest BCUT2D eigenvalue weighted by Crippen LogP contribution is -2.06. The molecule has 0 heterocycles. The first-order valence-corrected chi connectivity index (χ1v) is 8.01. The van der Waals surface area contributed by atoms with Gasteiger partial charge in [-0.05, 0) is 42.5 Å². The highest BCUT2D eigenvalue weighted by Crippen LogP contribution is 2.48. The minimum Gasteiger partial charge on any atom is -0.318 e. The van der Waals surface area contributed by atoms with Gasteiger partial charge in [-0.1, -0.05) is 63.6 Å². The summed E-state index contributed by atoms with van der Waals surface area (Å²) in [4.78, 5) is 17.1. The van der Waals surface area contributed by atoms with Crippen molar-refractivity contribution in [3.63, 3.8) is 0 Å². The SMILES string of the molecule is C/C(=N\OC(=O)[C@@H]1C[C@@H]1c1ccccc1)c1ccc(Br)cc1. The van der Waals surface area contributed by atoms with E-state index < -0.39 is 0 Å². The molecule has 0 spiro atoms. The molecule has 0 N–H and O–H groups in total. The number of halogens is 1. The van der Waals surface area contributed by atoms with E-state index in [1.165, 1.54) is 5.56 Å². The lowest BCUT2D eigenvalue weighted by Gasteiger charge is -2.02. The second-order valence-corrected chi connectivity index (χ2v) is 6.37. The first kappa shape index (κ1) is 15.0. The van der Waals surface area contributed by atoms with E-state index in [-0.39, 0.29) is 17.8 Å². The molecule has 1 aliphatic rings. The lowest BCUT2D eigenvalue weighted by atomic mass is 10.1. The van der Waals surface area contributed by atoms with Crippen molar-refractivity contribution in [1.29, 1.82) is 0 Å². The van der Waals surface area contributed by atoms with Crippen LogP contribution in [0, 0.1) is 5.92 Å². The Balaban J connectivity index is 1.59. The zero-order chi connectivity index (χ0) is 15.5. The predicted octanol–water partition coefficient (Wildman–Crippen LogP) is 4.52. The molecule has 2 aromatic carbocycles. The molecule has 0 unspecified atom stereocenters. The average Bonchev–Trinajstić information content (AvgIpc) is 3.34. The largest absolute Gasteiger partial charge is 0.338 e. The molecule has 3 nitrogen and oxygen atoms in total. The van der Waals surface area contributed by atoms with E-state index >= 15 is 0 Å². The molecule has 0 radical (unpaired) electrons. The maximum Gasteiger partial charge on any atom is 0.338 e. The van der Waals surface area contributed by atoms with Crippen LogP contribution in [0.2, 0.25) is 0 Å². The Morgan fingerprint density at radius 2 is 1.82 bits per heavy atom. The number of nitrogens with zero attached hydrogens (tertiary/aromatic N) is 1. The zero-order valence-electron chi connectivity index (χ0n) is 12.2. The minimum absolute atomic E-state index is 0.0659. The van der Waals surface area contributed by atoms with Gasteiger partial charge in [0.05, 0.1) is 11.6 Å². The van der Waals surface area contributed by atoms with Crippen molar-refractivity contribution in [3.05, 3.63) is 70.2 Å². The topological polar surface area (TPSA) is 38.7 Å². The predicted molar refractivity (Wildman–Crippen MR) is 89.7 cm³/mol. The summed E-state index contributed by atoms with van der Waals surface area (Å²) in [6.45, 7) is 1.83. The van der Waals surface area contributed by atoms with Crippen LogP contribution in [0.1, 0.15) is 30.4 Å². The minimum atomic E-state index is -0.245. The Kier molecular flexibility index (Phi) is 4.39. The maximum atomic E-state index is 12.0. The van der Waals surface area contributed by atoms with Crippen LogP contribution in [-0.2, 0) is 9.63 Å². The summed E-state index contributed by atoms with van der Waals surface area (Å²) >= 11 is 3.39. The van der Waals surface area contributed by atoms with Gasteiger partial charge >= 0.3 is 5.97 Å². The fraction of sp³-hybridized carbons (Fsp3) is 0.222. The smallest absolute Gasteiger partial charge is 0.318 e. The quantitative estimate of drug-likeness (QED) is 0.458. The van der Waals surface area contributed by atoms with Gasteiger partial charge < -0.3 is 4.84 Å². The molecule has 2 aromatic rings. The summed E-state index contributed by atoms with van der Waals surface area (Å²) in [6.07, 6.45) is 0.843. The molecule has 22 heavy (non-hydrogen) atoms. The molecular formula is C18H16BrNO2. The standard InChI is InChI=1S/C18H16BrNO2/c1-12(13-7-9-15(19)10-8-13)20-22-18(21)17-11-16(17)14-5-3-2-4-6-14/h2-10,16-17H,11H2,1H3/b20-12+/t16-,17-/m1/s1. The first-order chi connectivity index (χ1) is 10.6. The molecule has 1 aliphatic carbocycles. The summed E-state index contributed by atoms with van der Waals surface area (Å²) in [6, 6.07) is 17.8. The van der Waals surface area contributed by atoms with Gasteiger partial charge in [0.1, 0.15) is 0 Å². The third-order valence-electron chi connectivity index (χ3n) is 3.86. The van der Waals surface area contributed by atoms with Crippen molar-refractivity contribution in [1.82, 2.24) is 0 Å². The highest BCUT2D eigenvalue weighted by Gasteiger charge is 2.45. The Morgan fingerprint density at radius 3 is 2.50 bits per heavy atom. The van der Waals surface area contributed by atoms with Crippen LogP contribution >= 0.6 is 15.9 Å². The number of benzene rings is 2. The molecule has 112 valence electrons. The van der Waals surface area contributed by atoms with Crippen LogP contribution in [0.3, 0.4) is 0 Å². The number of hydrogen-bond donors (Lipinski definition) is 0. The van der Waals surface area contributed by atoms with Crippen molar-refractivity contribution >= 4 is 27.6 Å². The average molecular weight is 358 g/mol. The fourth-order valence-electron chi connectivity index (χ4n) is 2.45. The Morgan fingerprint density at radius 1 is 1.14 bits per heavy atom. The van der Waals surface area contributed by atoms with Crippen LogP contribution in [0.25, 0.3) is 0 Å². The van der Waals surface area contributed by atoms with E-state index in [1.807, 2.05) is 61.5 Å². The van der Waals surface area contributed by atoms with Gasteiger partial charge in [-0.25, -0.2) is 4.79 Å². The van der Waals surface area contributed by atoms with E-state index in [0.717, 1.165) is 16.5 Å². The Bertz CT molecular complexity index is 695. The van der Waals surface area contributed by atoms with Crippen molar-refractivity contribution < 1.29 is 9.63 Å².